The van der Waals surface area contributed by atoms with E-state index in [0.717, 1.165) is 31.2 Å². The summed E-state index contributed by atoms with van der Waals surface area (Å²) in [6.45, 7) is 0. The standard InChI is InChI=1S/C17H18N2O/c18-14-9-6-12-19-15(14)16(20)17(10-4-5-11-17)13-7-2-1-3-8-13/h1-3,6-9,12H,4-5,10-11,18H2. The normalized spacial score (nSPS) is 17.0. The van der Waals surface area contributed by atoms with E-state index >= 15 is 0 Å². The maximum atomic E-state index is 13.0. The minimum atomic E-state index is -0.441. The number of rotatable bonds is 3. The number of Topliss-reactive ketones (excluding diaryl/α,β-unsaturated/α-hetero) is 1. The van der Waals surface area contributed by atoms with Gasteiger partial charge in [-0.15, -0.1) is 0 Å². The highest BCUT2D eigenvalue weighted by molar-refractivity contribution is 6.06. The van der Waals surface area contributed by atoms with E-state index in [-0.39, 0.29) is 5.78 Å². The summed E-state index contributed by atoms with van der Waals surface area (Å²) in [6, 6.07) is 13.6. The van der Waals surface area contributed by atoms with Crippen molar-refractivity contribution in [1.29, 1.82) is 0 Å². The van der Waals surface area contributed by atoms with Gasteiger partial charge in [-0.25, -0.2) is 0 Å². The van der Waals surface area contributed by atoms with Crippen LogP contribution in [0.5, 0.6) is 0 Å². The lowest BCUT2D eigenvalue weighted by Crippen LogP contribution is -2.34. The Bertz CT molecular complexity index is 616. The Balaban J connectivity index is 2.08. The Kier molecular flexibility index (Phi) is 3.26. The molecule has 1 heterocycles. The molecule has 3 nitrogen and oxygen atoms in total. The fourth-order valence-corrected chi connectivity index (χ4v) is 3.22. The number of pyridine rings is 1. The zero-order chi connectivity index (χ0) is 14.0. The van der Waals surface area contributed by atoms with Crippen LogP contribution in [0.1, 0.15) is 41.7 Å². The summed E-state index contributed by atoms with van der Waals surface area (Å²) in [5, 5.41) is 0. The van der Waals surface area contributed by atoms with Gasteiger partial charge in [0.2, 0.25) is 0 Å². The number of anilines is 1. The van der Waals surface area contributed by atoms with Crippen LogP contribution in [0.3, 0.4) is 0 Å². The van der Waals surface area contributed by atoms with Gasteiger partial charge in [-0.05, 0) is 30.5 Å². The lowest BCUT2D eigenvalue weighted by Gasteiger charge is -2.28. The van der Waals surface area contributed by atoms with Crippen LogP contribution in [0.15, 0.2) is 48.7 Å². The number of carbonyl (C=O) groups is 1. The fourth-order valence-electron chi connectivity index (χ4n) is 3.22. The first-order valence-electron chi connectivity index (χ1n) is 7.05. The Morgan fingerprint density at radius 2 is 1.75 bits per heavy atom. The van der Waals surface area contributed by atoms with E-state index in [9.17, 15) is 4.79 Å². The quantitative estimate of drug-likeness (QED) is 0.867. The molecule has 102 valence electrons. The van der Waals surface area contributed by atoms with Crippen molar-refractivity contribution < 1.29 is 4.79 Å². The first kappa shape index (κ1) is 12.9. The predicted octanol–water partition coefficient (Wildman–Crippen LogP) is 3.36. The van der Waals surface area contributed by atoms with Crippen LogP contribution in [-0.4, -0.2) is 10.8 Å². The number of aromatic nitrogens is 1. The molecule has 1 aromatic heterocycles. The van der Waals surface area contributed by atoms with Gasteiger partial charge < -0.3 is 5.73 Å². The highest BCUT2D eigenvalue weighted by Gasteiger charge is 2.43. The van der Waals surface area contributed by atoms with Crippen LogP contribution < -0.4 is 5.73 Å². The van der Waals surface area contributed by atoms with Crippen LogP contribution in [0.4, 0.5) is 5.69 Å². The van der Waals surface area contributed by atoms with Crippen molar-refractivity contribution in [1.82, 2.24) is 4.98 Å². The van der Waals surface area contributed by atoms with Gasteiger partial charge in [-0.2, -0.15) is 0 Å². The van der Waals surface area contributed by atoms with Crippen LogP contribution in [-0.2, 0) is 5.41 Å². The zero-order valence-corrected chi connectivity index (χ0v) is 11.4. The summed E-state index contributed by atoms with van der Waals surface area (Å²) in [5.74, 6) is 0.0688. The molecule has 0 bridgehead atoms. The Morgan fingerprint density at radius 1 is 1.05 bits per heavy atom. The molecular formula is C17H18N2O. The van der Waals surface area contributed by atoms with Gasteiger partial charge >= 0.3 is 0 Å². The molecule has 0 saturated heterocycles. The third-order valence-corrected chi connectivity index (χ3v) is 4.27. The van der Waals surface area contributed by atoms with E-state index in [0.29, 0.717) is 11.4 Å². The summed E-state index contributed by atoms with van der Waals surface area (Å²) in [4.78, 5) is 17.3. The van der Waals surface area contributed by atoms with Gasteiger partial charge in [0.25, 0.3) is 0 Å². The minimum absolute atomic E-state index is 0.0688. The second-order valence-electron chi connectivity index (χ2n) is 5.43. The number of hydrogen-bond donors (Lipinski definition) is 1. The van der Waals surface area contributed by atoms with Crippen molar-refractivity contribution in [2.75, 3.05) is 5.73 Å². The molecule has 3 heteroatoms. The number of nitrogens with two attached hydrogens (primary N) is 1. The molecule has 0 aliphatic heterocycles. The summed E-state index contributed by atoms with van der Waals surface area (Å²) < 4.78 is 0. The van der Waals surface area contributed by atoms with Crippen molar-refractivity contribution in [3.63, 3.8) is 0 Å². The van der Waals surface area contributed by atoms with Crippen LogP contribution in [0.2, 0.25) is 0 Å². The Hall–Kier alpha value is -2.16. The van der Waals surface area contributed by atoms with E-state index < -0.39 is 5.41 Å². The molecule has 0 atom stereocenters. The Morgan fingerprint density at radius 3 is 2.40 bits per heavy atom. The predicted molar refractivity (Wildman–Crippen MR) is 79.6 cm³/mol. The summed E-state index contributed by atoms with van der Waals surface area (Å²) in [6.07, 6.45) is 5.55. The molecule has 0 amide bonds. The molecule has 1 aliphatic rings. The highest BCUT2D eigenvalue weighted by Crippen LogP contribution is 2.43. The van der Waals surface area contributed by atoms with Crippen LogP contribution in [0, 0.1) is 0 Å². The maximum Gasteiger partial charge on any atom is 0.193 e. The van der Waals surface area contributed by atoms with Gasteiger partial charge in [0.1, 0.15) is 5.69 Å². The van der Waals surface area contributed by atoms with E-state index in [1.165, 1.54) is 0 Å². The maximum absolute atomic E-state index is 13.0. The molecule has 1 fully saturated rings. The number of carbonyl (C=O) groups excluding carboxylic acids is 1. The SMILES string of the molecule is Nc1cccnc1C(=O)C1(c2ccccc2)CCCC1. The number of benzene rings is 1. The van der Waals surface area contributed by atoms with Gasteiger partial charge in [0.15, 0.2) is 5.78 Å². The van der Waals surface area contributed by atoms with Gasteiger partial charge in [-0.1, -0.05) is 43.2 Å². The number of ketones is 1. The number of hydrogen-bond acceptors (Lipinski definition) is 3. The third-order valence-electron chi connectivity index (χ3n) is 4.27. The average Bonchev–Trinajstić information content (AvgIpc) is 2.99. The minimum Gasteiger partial charge on any atom is -0.397 e. The molecule has 3 rings (SSSR count). The lowest BCUT2D eigenvalue weighted by molar-refractivity contribution is 0.0882. The molecule has 1 aromatic carbocycles. The largest absolute Gasteiger partial charge is 0.397 e. The highest BCUT2D eigenvalue weighted by atomic mass is 16.1. The van der Waals surface area contributed by atoms with Crippen molar-refractivity contribution in [3.8, 4) is 0 Å². The summed E-state index contributed by atoms with van der Waals surface area (Å²) >= 11 is 0. The number of nitrogen functional groups attached to an aromatic ring is 1. The first-order valence-corrected chi connectivity index (χ1v) is 7.05. The molecule has 0 unspecified atom stereocenters. The van der Waals surface area contributed by atoms with Crippen LogP contribution in [0.25, 0.3) is 0 Å². The van der Waals surface area contributed by atoms with Crippen molar-refractivity contribution in [2.45, 2.75) is 31.1 Å². The molecular weight excluding hydrogens is 248 g/mol. The van der Waals surface area contributed by atoms with Gasteiger partial charge in [-0.3, -0.25) is 9.78 Å². The smallest absolute Gasteiger partial charge is 0.193 e. The van der Waals surface area contributed by atoms with E-state index in [1.807, 2.05) is 30.3 Å². The van der Waals surface area contributed by atoms with Crippen molar-refractivity contribution >= 4 is 11.5 Å². The monoisotopic (exact) mass is 266 g/mol. The molecule has 1 saturated carbocycles. The zero-order valence-electron chi connectivity index (χ0n) is 11.4. The molecule has 1 aliphatic carbocycles. The summed E-state index contributed by atoms with van der Waals surface area (Å²) in [5.41, 5.74) is 7.48. The fraction of sp³-hybridized carbons (Fsp3) is 0.294. The second-order valence-corrected chi connectivity index (χ2v) is 5.43. The molecule has 20 heavy (non-hydrogen) atoms. The lowest BCUT2D eigenvalue weighted by atomic mass is 9.74. The summed E-state index contributed by atoms with van der Waals surface area (Å²) in [7, 11) is 0. The van der Waals surface area contributed by atoms with Gasteiger partial charge in [0, 0.05) is 6.20 Å². The number of nitrogens with zero attached hydrogens (tertiary/aromatic N) is 1. The molecule has 2 N–H and O–H groups in total. The van der Waals surface area contributed by atoms with Crippen molar-refractivity contribution in [3.05, 3.63) is 59.9 Å². The van der Waals surface area contributed by atoms with E-state index in [4.69, 9.17) is 5.73 Å². The van der Waals surface area contributed by atoms with E-state index in [1.54, 1.807) is 18.3 Å². The second kappa shape index (κ2) is 5.08. The van der Waals surface area contributed by atoms with Crippen LogP contribution >= 0.6 is 0 Å². The molecule has 0 radical (unpaired) electrons. The van der Waals surface area contributed by atoms with E-state index in [2.05, 4.69) is 4.98 Å². The average molecular weight is 266 g/mol. The van der Waals surface area contributed by atoms with Crippen molar-refractivity contribution in [2.24, 2.45) is 0 Å². The first-order chi connectivity index (χ1) is 9.74. The topological polar surface area (TPSA) is 56.0 Å². The Labute approximate surface area is 118 Å². The molecule has 0 spiro atoms. The third kappa shape index (κ3) is 1.99. The molecule has 2 aromatic rings. The van der Waals surface area contributed by atoms with Gasteiger partial charge in [0.05, 0.1) is 11.1 Å².